The van der Waals surface area contributed by atoms with Crippen molar-refractivity contribution in [2.24, 2.45) is 39.7 Å². The van der Waals surface area contributed by atoms with Gasteiger partial charge in [0.15, 0.2) is 0 Å². The van der Waals surface area contributed by atoms with Crippen LogP contribution in [0.1, 0.15) is 101 Å². The van der Waals surface area contributed by atoms with Gasteiger partial charge >= 0.3 is 6.03 Å². The van der Waals surface area contributed by atoms with E-state index >= 15 is 0 Å². The van der Waals surface area contributed by atoms with Crippen LogP contribution in [0.15, 0.2) is 9.59 Å². The molecule has 4 rings (SSSR count). The van der Waals surface area contributed by atoms with Gasteiger partial charge in [-0.15, -0.1) is 0 Å². The molecule has 13 heteroatoms. The number of anilines is 1. The van der Waals surface area contributed by atoms with E-state index in [1.54, 1.807) is 0 Å². The number of primary amides is 1. The van der Waals surface area contributed by atoms with Crippen LogP contribution >= 0.6 is 0 Å². The fraction of sp³-hybridized carbons (Fsp3) is 0.750. The number of amides is 5. The normalized spacial score (nSPS) is 23.6. The van der Waals surface area contributed by atoms with Crippen LogP contribution in [0.3, 0.4) is 0 Å². The Bertz CT molecular complexity index is 1580. The van der Waals surface area contributed by atoms with E-state index in [0.717, 1.165) is 12.8 Å². The number of hydrogen-bond acceptors (Lipinski definition) is 8. The lowest BCUT2D eigenvalue weighted by atomic mass is 9.82. The van der Waals surface area contributed by atoms with Crippen molar-refractivity contribution in [1.29, 1.82) is 0 Å². The molecule has 6 N–H and O–H groups in total. The van der Waals surface area contributed by atoms with E-state index in [-0.39, 0.29) is 35.4 Å². The summed E-state index contributed by atoms with van der Waals surface area (Å²) in [4.78, 5) is 92.5. The summed E-state index contributed by atoms with van der Waals surface area (Å²) >= 11 is 0. The van der Waals surface area contributed by atoms with Gasteiger partial charge in [0, 0.05) is 18.7 Å². The molecule has 1 saturated heterocycles. The maximum absolute atomic E-state index is 14.4. The first-order chi connectivity index (χ1) is 22.3. The molecule has 2 unspecified atom stereocenters. The summed E-state index contributed by atoms with van der Waals surface area (Å²) in [5, 5.41) is 11.7. The van der Waals surface area contributed by atoms with Crippen molar-refractivity contribution in [3.8, 4) is 0 Å². The lowest BCUT2D eigenvalue weighted by Crippen LogP contribution is -2.62. The SMILES string of the molecule is CC(C)(C)c1c(NC[C@@H](NC(=O)N[C@H](C(=O)N2CC3[C@@H]([C@H]2C(=O)NC(CC2CC2)C(=O)C(N)=O)C3(C)C)C(C)(C)C)C(C)(C)C)c(=O)c1=O. The number of ketones is 1. The van der Waals surface area contributed by atoms with Gasteiger partial charge in [0.05, 0.1) is 17.8 Å². The second-order valence-corrected chi connectivity index (χ2v) is 18.2. The molecule has 272 valence electrons. The topological polar surface area (TPSA) is 197 Å². The molecule has 6 atom stereocenters. The summed E-state index contributed by atoms with van der Waals surface area (Å²) in [5.74, 6) is -2.75. The molecule has 3 aliphatic rings. The van der Waals surface area contributed by atoms with E-state index in [2.05, 4.69) is 21.3 Å². The molecule has 0 spiro atoms. The number of carbonyl (C=O) groups excluding carboxylic acids is 5. The molecular weight excluding hydrogens is 628 g/mol. The van der Waals surface area contributed by atoms with Gasteiger partial charge < -0.3 is 31.9 Å². The smallest absolute Gasteiger partial charge is 0.315 e. The Morgan fingerprint density at radius 1 is 0.878 bits per heavy atom. The van der Waals surface area contributed by atoms with Crippen LogP contribution in [0.25, 0.3) is 0 Å². The van der Waals surface area contributed by atoms with Gasteiger partial charge in [0.25, 0.3) is 5.91 Å². The first kappa shape index (κ1) is 38.0. The van der Waals surface area contributed by atoms with Crippen LogP contribution in [0.4, 0.5) is 10.5 Å². The van der Waals surface area contributed by atoms with Crippen LogP contribution in [0, 0.1) is 34.0 Å². The zero-order valence-electron chi connectivity index (χ0n) is 31.0. The number of fused-ring (bicyclic) bond motifs is 1. The number of urea groups is 1. The Kier molecular flexibility index (Phi) is 9.97. The Morgan fingerprint density at radius 2 is 1.47 bits per heavy atom. The van der Waals surface area contributed by atoms with Gasteiger partial charge in [-0.3, -0.25) is 28.8 Å². The number of carbonyl (C=O) groups is 5. The number of hydrogen-bond donors (Lipinski definition) is 5. The number of Topliss-reactive ketones (excluding diaryl/α,β-unsaturated/α-hetero) is 1. The molecule has 49 heavy (non-hydrogen) atoms. The molecule has 1 heterocycles. The second-order valence-electron chi connectivity index (χ2n) is 18.2. The van der Waals surface area contributed by atoms with Crippen molar-refractivity contribution in [3.63, 3.8) is 0 Å². The molecule has 1 aromatic rings. The highest BCUT2D eigenvalue weighted by Crippen LogP contribution is 2.65. The number of nitrogens with two attached hydrogens (primary N) is 1. The summed E-state index contributed by atoms with van der Waals surface area (Å²) in [6.07, 6.45) is 2.14. The first-order valence-corrected chi connectivity index (χ1v) is 17.4. The minimum absolute atomic E-state index is 0.0557. The van der Waals surface area contributed by atoms with E-state index in [9.17, 15) is 33.6 Å². The molecule has 0 bridgehead atoms. The molecule has 2 aliphatic carbocycles. The zero-order chi connectivity index (χ0) is 37.2. The average Bonchev–Trinajstić information content (AvgIpc) is 3.81. The highest BCUT2D eigenvalue weighted by Gasteiger charge is 2.70. The Labute approximate surface area is 289 Å². The summed E-state index contributed by atoms with van der Waals surface area (Å²) in [7, 11) is 0. The standard InChI is InChI=1S/C36H56N6O7/c1-33(2,3)20(15-38-23-22(34(4,5)6)26(44)27(23)45)40-32(49)41-28(35(7,8)9)31(48)42-16-18-21(36(18,10)11)24(42)30(47)39-19(14-17-12-13-17)25(43)29(37)46/h17-21,24,28,38H,12-16H2,1-11H3,(H2,37,46)(H,39,47)(H2,40,41,49)/t18?,19?,20-,21+,24+,28-/m1/s1. The highest BCUT2D eigenvalue weighted by atomic mass is 16.2. The van der Waals surface area contributed by atoms with Gasteiger partial charge in [0.1, 0.15) is 12.1 Å². The minimum atomic E-state index is -1.11. The molecule has 0 aromatic heterocycles. The molecule has 0 radical (unpaired) electrons. The van der Waals surface area contributed by atoms with Gasteiger partial charge in [0.2, 0.25) is 28.5 Å². The predicted octanol–water partition coefficient (Wildman–Crippen LogP) is 1.94. The fourth-order valence-electron chi connectivity index (χ4n) is 7.36. The van der Waals surface area contributed by atoms with E-state index in [4.69, 9.17) is 5.73 Å². The van der Waals surface area contributed by atoms with Crippen LogP contribution < -0.4 is 37.9 Å². The summed E-state index contributed by atoms with van der Waals surface area (Å²) < 4.78 is 0. The van der Waals surface area contributed by atoms with E-state index < -0.39 is 80.8 Å². The molecule has 5 amide bonds. The van der Waals surface area contributed by atoms with E-state index in [1.165, 1.54) is 4.90 Å². The van der Waals surface area contributed by atoms with Gasteiger partial charge in [-0.1, -0.05) is 89.0 Å². The number of piperidine rings is 1. The Morgan fingerprint density at radius 3 is 1.96 bits per heavy atom. The summed E-state index contributed by atoms with van der Waals surface area (Å²) in [5.41, 5.74) is 2.94. The maximum Gasteiger partial charge on any atom is 0.315 e. The Balaban J connectivity index is 1.51. The van der Waals surface area contributed by atoms with E-state index in [1.807, 2.05) is 76.2 Å². The third kappa shape index (κ3) is 7.85. The van der Waals surface area contributed by atoms with Gasteiger partial charge in [-0.05, 0) is 45.8 Å². The quantitative estimate of drug-likeness (QED) is 0.206. The lowest BCUT2D eigenvalue weighted by Gasteiger charge is -2.39. The van der Waals surface area contributed by atoms with Crippen LogP contribution in [0.2, 0.25) is 0 Å². The average molecular weight is 685 g/mol. The number of nitrogens with one attached hydrogen (secondary N) is 4. The number of rotatable bonds is 12. The highest BCUT2D eigenvalue weighted by molar-refractivity contribution is 6.37. The van der Waals surface area contributed by atoms with Crippen molar-refractivity contribution < 1.29 is 24.0 Å². The molecule has 3 fully saturated rings. The maximum atomic E-state index is 14.4. The third-order valence-corrected chi connectivity index (χ3v) is 10.8. The van der Waals surface area contributed by atoms with Gasteiger partial charge in [-0.25, -0.2) is 4.79 Å². The lowest BCUT2D eigenvalue weighted by molar-refractivity contribution is -0.145. The Hall–Kier alpha value is -3.77. The predicted molar refractivity (Wildman–Crippen MR) is 186 cm³/mol. The van der Waals surface area contributed by atoms with Crippen molar-refractivity contribution in [1.82, 2.24) is 20.9 Å². The third-order valence-electron chi connectivity index (χ3n) is 10.8. The monoisotopic (exact) mass is 684 g/mol. The summed E-state index contributed by atoms with van der Waals surface area (Å²) in [6, 6.07) is -4.07. The van der Waals surface area contributed by atoms with Crippen molar-refractivity contribution >= 4 is 35.2 Å². The molecular formula is C36H56N6O7. The summed E-state index contributed by atoms with van der Waals surface area (Å²) in [6.45, 7) is 21.4. The van der Waals surface area contributed by atoms with Crippen LogP contribution in [0.5, 0.6) is 0 Å². The van der Waals surface area contributed by atoms with Crippen molar-refractivity contribution in [3.05, 3.63) is 26.0 Å². The zero-order valence-corrected chi connectivity index (χ0v) is 31.0. The molecule has 2 saturated carbocycles. The van der Waals surface area contributed by atoms with Crippen LogP contribution in [-0.4, -0.2) is 71.7 Å². The van der Waals surface area contributed by atoms with Gasteiger partial charge in [-0.2, -0.15) is 0 Å². The van der Waals surface area contributed by atoms with Crippen LogP contribution in [-0.2, 0) is 24.6 Å². The largest absolute Gasteiger partial charge is 0.379 e. The van der Waals surface area contributed by atoms with E-state index in [0.29, 0.717) is 18.5 Å². The van der Waals surface area contributed by atoms with Crippen molar-refractivity contribution in [2.75, 3.05) is 18.4 Å². The number of likely N-dealkylation sites (tertiary alicyclic amines) is 1. The molecule has 1 aromatic carbocycles. The van der Waals surface area contributed by atoms with Crippen molar-refractivity contribution in [2.45, 2.75) is 125 Å². The fourth-order valence-corrected chi connectivity index (χ4v) is 7.36. The second kappa shape index (κ2) is 12.8. The number of nitrogens with zero attached hydrogens (tertiary/aromatic N) is 1. The molecule has 1 aliphatic heterocycles. The minimum Gasteiger partial charge on any atom is -0.379 e. The molecule has 13 nitrogen and oxygen atoms in total. The first-order valence-electron chi connectivity index (χ1n) is 17.4.